The number of rotatable bonds is 17. The summed E-state index contributed by atoms with van der Waals surface area (Å²) < 4.78 is 18.5. The van der Waals surface area contributed by atoms with Crippen LogP contribution in [0.15, 0.2) is 73.8 Å². The van der Waals surface area contributed by atoms with Crippen molar-refractivity contribution in [3.05, 3.63) is 90.5 Å². The van der Waals surface area contributed by atoms with Crippen molar-refractivity contribution in [3.8, 4) is 0 Å². The topological polar surface area (TPSA) is 135 Å². The molecule has 0 aromatic heterocycles. The molecule has 11 heteroatoms. The van der Waals surface area contributed by atoms with Crippen molar-refractivity contribution in [1.29, 1.82) is 0 Å². The van der Waals surface area contributed by atoms with E-state index >= 15 is 4.79 Å². The van der Waals surface area contributed by atoms with Crippen LogP contribution in [-0.2, 0) is 33.4 Å². The lowest BCUT2D eigenvalue weighted by Gasteiger charge is -2.40. The van der Waals surface area contributed by atoms with Gasteiger partial charge in [0.15, 0.2) is 0 Å². The normalized spacial score (nSPS) is 25.0. The average Bonchev–Trinajstić information content (AvgIpc) is 3.77. The summed E-state index contributed by atoms with van der Waals surface area (Å²) in [5.74, 6) is -3.94. The van der Waals surface area contributed by atoms with E-state index in [-0.39, 0.29) is 43.9 Å². The number of fused-ring (bicyclic) bond motifs is 1. The highest BCUT2D eigenvalue weighted by molar-refractivity contribution is 6.05. The van der Waals surface area contributed by atoms with Crippen molar-refractivity contribution >= 4 is 29.4 Å². The van der Waals surface area contributed by atoms with E-state index in [0.29, 0.717) is 30.5 Å². The maximum atomic E-state index is 15.0. The molecule has 3 saturated heterocycles. The SMILES string of the molecule is C=CCCC(=O)N[C@H](COC)[C@H](OC(=O)[C@@H]1[C@@H]2CC[C@]3(O2)[C@H](C(=O)N(CC=C)c2cc(C)ccc2C)N([C@@H](CO)C(C)C)C(=O)[C@@H]13)c1ccccc1. The maximum Gasteiger partial charge on any atom is 0.313 e. The standard InChI is InChI=1S/C41H53N3O8/c1-8-10-16-33(46)42-29(24-50-7)36(28-14-12-11-13-15-28)51-40(49)34-32-19-20-41(52-32)35(34)38(47)44(31(23-45)25(3)4)37(41)39(48)43(21-9-2)30-22-26(5)17-18-27(30)6/h8-9,11-15,17-18,22,25,29,31-32,34-37,45H,1-2,10,16,19-21,23-24H2,3-7H3,(H,42,46)/t29-,31+,32+,34-,35-,36-,37+,41-/m1/s1. The van der Waals surface area contributed by atoms with E-state index in [9.17, 15) is 19.5 Å². The number of aryl methyl sites for hydroxylation is 2. The number of hydrogen-bond acceptors (Lipinski definition) is 8. The van der Waals surface area contributed by atoms with E-state index < -0.39 is 59.6 Å². The van der Waals surface area contributed by atoms with E-state index in [4.69, 9.17) is 14.2 Å². The lowest BCUT2D eigenvalue weighted by atomic mass is 9.70. The number of methoxy groups -OCH3 is 1. The number of benzene rings is 2. The largest absolute Gasteiger partial charge is 0.455 e. The first kappa shape index (κ1) is 38.9. The minimum absolute atomic E-state index is 0.0536. The highest BCUT2D eigenvalue weighted by Crippen LogP contribution is 2.59. The lowest BCUT2D eigenvalue weighted by molar-refractivity contribution is -0.163. The number of esters is 1. The van der Waals surface area contributed by atoms with Gasteiger partial charge in [0.2, 0.25) is 11.8 Å². The van der Waals surface area contributed by atoms with Gasteiger partial charge in [0.05, 0.1) is 43.2 Å². The van der Waals surface area contributed by atoms with Crippen LogP contribution in [0, 0.1) is 31.6 Å². The zero-order valence-electron chi connectivity index (χ0n) is 31.0. The van der Waals surface area contributed by atoms with Crippen LogP contribution in [0.5, 0.6) is 0 Å². The number of carbonyl (C=O) groups excluding carboxylic acids is 4. The van der Waals surface area contributed by atoms with Crippen LogP contribution < -0.4 is 10.2 Å². The number of hydrogen-bond donors (Lipinski definition) is 2. The molecule has 0 unspecified atom stereocenters. The fourth-order valence-corrected chi connectivity index (χ4v) is 8.33. The molecule has 11 nitrogen and oxygen atoms in total. The number of carbonyl (C=O) groups is 4. The molecule has 0 radical (unpaired) electrons. The van der Waals surface area contributed by atoms with E-state index in [1.807, 2.05) is 76.2 Å². The number of amides is 3. The monoisotopic (exact) mass is 715 g/mol. The number of likely N-dealkylation sites (tertiary alicyclic amines) is 1. The number of nitrogens with zero attached hydrogens (tertiary/aromatic N) is 2. The van der Waals surface area contributed by atoms with Gasteiger partial charge in [-0.1, -0.05) is 68.5 Å². The zero-order valence-corrected chi connectivity index (χ0v) is 31.0. The molecule has 3 heterocycles. The van der Waals surface area contributed by atoms with Crippen molar-refractivity contribution in [2.24, 2.45) is 17.8 Å². The summed E-state index contributed by atoms with van der Waals surface area (Å²) in [5.41, 5.74) is 1.85. The van der Waals surface area contributed by atoms with Crippen molar-refractivity contribution < 1.29 is 38.5 Å². The van der Waals surface area contributed by atoms with Crippen LogP contribution >= 0.6 is 0 Å². The Morgan fingerprint density at radius 2 is 1.87 bits per heavy atom. The molecule has 2 aromatic carbocycles. The van der Waals surface area contributed by atoms with Gasteiger partial charge in [-0.2, -0.15) is 0 Å². The second-order valence-electron chi connectivity index (χ2n) is 14.5. The Morgan fingerprint density at radius 1 is 1.13 bits per heavy atom. The zero-order chi connectivity index (χ0) is 37.7. The minimum Gasteiger partial charge on any atom is -0.455 e. The molecule has 0 aliphatic carbocycles. The first-order chi connectivity index (χ1) is 24.9. The number of allylic oxidation sites excluding steroid dienone is 1. The van der Waals surface area contributed by atoms with Gasteiger partial charge in [-0.15, -0.1) is 13.2 Å². The third-order valence-electron chi connectivity index (χ3n) is 10.8. The Morgan fingerprint density at radius 3 is 2.50 bits per heavy atom. The Labute approximate surface area is 307 Å². The molecule has 0 saturated carbocycles. The predicted octanol–water partition coefficient (Wildman–Crippen LogP) is 4.60. The minimum atomic E-state index is -1.32. The van der Waals surface area contributed by atoms with Gasteiger partial charge < -0.3 is 34.4 Å². The average molecular weight is 716 g/mol. The van der Waals surface area contributed by atoms with Crippen LogP contribution in [-0.4, -0.2) is 90.4 Å². The van der Waals surface area contributed by atoms with Gasteiger partial charge in [0.1, 0.15) is 17.7 Å². The van der Waals surface area contributed by atoms with Gasteiger partial charge in [0.25, 0.3) is 5.91 Å². The smallest absolute Gasteiger partial charge is 0.313 e. The Balaban J connectivity index is 1.55. The van der Waals surface area contributed by atoms with Crippen LogP contribution in [0.3, 0.4) is 0 Å². The third-order valence-corrected chi connectivity index (χ3v) is 10.8. The molecule has 52 heavy (non-hydrogen) atoms. The second-order valence-corrected chi connectivity index (χ2v) is 14.5. The van der Waals surface area contributed by atoms with Gasteiger partial charge in [-0.25, -0.2) is 0 Å². The molecule has 3 amide bonds. The number of ether oxygens (including phenoxy) is 3. The van der Waals surface area contributed by atoms with E-state index in [0.717, 1.165) is 11.1 Å². The van der Waals surface area contributed by atoms with Gasteiger partial charge in [0, 0.05) is 25.8 Å². The molecular weight excluding hydrogens is 662 g/mol. The fourth-order valence-electron chi connectivity index (χ4n) is 8.33. The highest BCUT2D eigenvalue weighted by atomic mass is 16.6. The summed E-state index contributed by atoms with van der Waals surface area (Å²) in [6.07, 6.45) is 3.18. The van der Waals surface area contributed by atoms with Crippen LogP contribution in [0.25, 0.3) is 0 Å². The molecule has 2 bridgehead atoms. The Bertz CT molecular complexity index is 1650. The quantitative estimate of drug-likeness (QED) is 0.180. The molecule has 2 aromatic rings. The summed E-state index contributed by atoms with van der Waals surface area (Å²) in [6.45, 7) is 15.1. The molecule has 280 valence electrons. The molecule has 3 fully saturated rings. The highest BCUT2D eigenvalue weighted by Gasteiger charge is 2.76. The fraction of sp³-hybridized carbons (Fsp3) is 0.512. The molecule has 3 aliphatic heterocycles. The van der Waals surface area contributed by atoms with Gasteiger partial charge in [-0.05, 0) is 61.8 Å². The predicted molar refractivity (Wildman–Crippen MR) is 197 cm³/mol. The molecule has 8 atom stereocenters. The third kappa shape index (κ3) is 7.31. The summed E-state index contributed by atoms with van der Waals surface area (Å²) in [6, 6.07) is 12.4. The second kappa shape index (κ2) is 16.6. The van der Waals surface area contributed by atoms with Crippen molar-refractivity contribution in [3.63, 3.8) is 0 Å². The lowest BCUT2D eigenvalue weighted by Crippen LogP contribution is -2.60. The summed E-state index contributed by atoms with van der Waals surface area (Å²) >= 11 is 0. The number of aliphatic hydroxyl groups excluding tert-OH is 1. The maximum absolute atomic E-state index is 15.0. The van der Waals surface area contributed by atoms with E-state index in [1.165, 1.54) is 12.0 Å². The van der Waals surface area contributed by atoms with Crippen molar-refractivity contribution in [1.82, 2.24) is 10.2 Å². The molecule has 1 spiro atoms. The van der Waals surface area contributed by atoms with Crippen LogP contribution in [0.2, 0.25) is 0 Å². The number of aliphatic hydroxyl groups is 1. The van der Waals surface area contributed by atoms with Crippen molar-refractivity contribution in [2.75, 3.05) is 31.8 Å². The number of anilines is 1. The first-order valence-corrected chi connectivity index (χ1v) is 18.2. The van der Waals surface area contributed by atoms with E-state index in [1.54, 1.807) is 17.1 Å². The van der Waals surface area contributed by atoms with Crippen LogP contribution in [0.1, 0.15) is 62.3 Å². The summed E-state index contributed by atoms with van der Waals surface area (Å²) in [5, 5.41) is 13.6. The van der Waals surface area contributed by atoms with Crippen LogP contribution in [0.4, 0.5) is 5.69 Å². The Hall–Kier alpha value is -4.32. The van der Waals surface area contributed by atoms with E-state index in [2.05, 4.69) is 18.5 Å². The van der Waals surface area contributed by atoms with Crippen molar-refractivity contribution in [2.45, 2.75) is 89.3 Å². The Kier molecular flexibility index (Phi) is 12.4. The first-order valence-electron chi connectivity index (χ1n) is 18.2. The summed E-state index contributed by atoms with van der Waals surface area (Å²) in [4.78, 5) is 60.5. The van der Waals surface area contributed by atoms with Gasteiger partial charge >= 0.3 is 5.97 Å². The number of nitrogens with one attached hydrogen (secondary N) is 1. The van der Waals surface area contributed by atoms with Gasteiger partial charge in [-0.3, -0.25) is 19.2 Å². The molecule has 5 rings (SSSR count). The molecule has 3 aliphatic rings. The molecular formula is C41H53N3O8. The summed E-state index contributed by atoms with van der Waals surface area (Å²) in [7, 11) is 1.50. The molecule has 2 N–H and O–H groups in total.